The van der Waals surface area contributed by atoms with E-state index in [1.165, 1.54) is 17.7 Å². The van der Waals surface area contributed by atoms with Crippen LogP contribution in [0.5, 0.6) is 5.75 Å². The van der Waals surface area contributed by atoms with Gasteiger partial charge in [-0.15, -0.1) is 5.10 Å². The summed E-state index contributed by atoms with van der Waals surface area (Å²) in [5.74, 6) is 1.29. The van der Waals surface area contributed by atoms with Crippen LogP contribution in [0.15, 0.2) is 58.2 Å². The van der Waals surface area contributed by atoms with E-state index in [9.17, 15) is 13.2 Å². The molecule has 0 saturated heterocycles. The fraction of sp³-hybridized carbons (Fsp3) is 0.393. The molecule has 0 unspecified atom stereocenters. The predicted molar refractivity (Wildman–Crippen MR) is 150 cm³/mol. The fourth-order valence-corrected chi connectivity index (χ4v) is 5.39. The Morgan fingerprint density at radius 1 is 1.05 bits per heavy atom. The molecule has 10 nitrogen and oxygen atoms in total. The van der Waals surface area contributed by atoms with Crippen LogP contribution in [-0.2, 0) is 27.6 Å². The zero-order valence-electron chi connectivity index (χ0n) is 22.6. The molecular formula is C28H35N5O5S. The third-order valence-corrected chi connectivity index (χ3v) is 7.63. The van der Waals surface area contributed by atoms with Crippen molar-refractivity contribution >= 4 is 15.5 Å². The van der Waals surface area contributed by atoms with Crippen molar-refractivity contribution in [1.29, 1.82) is 0 Å². The van der Waals surface area contributed by atoms with Gasteiger partial charge in [0.2, 0.25) is 10.0 Å². The van der Waals surface area contributed by atoms with Gasteiger partial charge in [-0.2, -0.15) is 0 Å². The van der Waals surface area contributed by atoms with Gasteiger partial charge in [-0.1, -0.05) is 37.3 Å². The van der Waals surface area contributed by atoms with Gasteiger partial charge in [0.1, 0.15) is 11.6 Å². The van der Waals surface area contributed by atoms with Gasteiger partial charge in [-0.25, -0.2) is 22.6 Å². The number of benzene rings is 2. The highest BCUT2D eigenvalue weighted by atomic mass is 32.2. The Balaban J connectivity index is 1.49. The van der Waals surface area contributed by atoms with E-state index in [-0.39, 0.29) is 22.8 Å². The van der Waals surface area contributed by atoms with Gasteiger partial charge in [0, 0.05) is 19.6 Å². The highest BCUT2D eigenvalue weighted by Gasteiger charge is 2.20. The topological polar surface area (TPSA) is 128 Å². The van der Waals surface area contributed by atoms with Gasteiger partial charge in [0.15, 0.2) is 11.3 Å². The molecule has 11 heteroatoms. The average molecular weight is 554 g/mol. The van der Waals surface area contributed by atoms with Crippen molar-refractivity contribution in [1.82, 2.24) is 24.3 Å². The van der Waals surface area contributed by atoms with E-state index in [2.05, 4.69) is 19.8 Å². The number of H-pyrrole nitrogens is 1. The molecule has 208 valence electrons. The summed E-state index contributed by atoms with van der Waals surface area (Å²) in [7, 11) is -3.82. The summed E-state index contributed by atoms with van der Waals surface area (Å²) in [5.41, 5.74) is 2.18. The van der Waals surface area contributed by atoms with Gasteiger partial charge < -0.3 is 14.5 Å². The maximum Gasteiger partial charge on any atom is 0.277 e. The van der Waals surface area contributed by atoms with Crippen LogP contribution in [0.2, 0.25) is 0 Å². The van der Waals surface area contributed by atoms with Crippen molar-refractivity contribution in [3.05, 3.63) is 76.0 Å². The number of sulfonamides is 1. The summed E-state index contributed by atoms with van der Waals surface area (Å²) >= 11 is 0. The molecule has 2 aromatic heterocycles. The van der Waals surface area contributed by atoms with Crippen LogP contribution in [-0.4, -0.2) is 54.4 Å². The van der Waals surface area contributed by atoms with Gasteiger partial charge >= 0.3 is 0 Å². The molecule has 4 rings (SSSR count). The lowest BCUT2D eigenvalue weighted by atomic mass is 10.2. The first-order chi connectivity index (χ1) is 18.8. The molecule has 0 amide bonds. The molecule has 0 aliphatic rings. The van der Waals surface area contributed by atoms with E-state index in [4.69, 9.17) is 9.47 Å². The monoisotopic (exact) mass is 553 g/mol. The smallest absolute Gasteiger partial charge is 0.277 e. The number of nitrogens with zero attached hydrogens (tertiary/aromatic N) is 3. The number of hydrogen-bond donors (Lipinski definition) is 2. The third-order valence-electron chi connectivity index (χ3n) is 6.17. The number of rotatable bonds is 14. The van der Waals surface area contributed by atoms with Crippen molar-refractivity contribution in [3.8, 4) is 17.1 Å². The molecule has 0 aliphatic carbocycles. The first-order valence-corrected chi connectivity index (χ1v) is 14.7. The first-order valence-electron chi connectivity index (χ1n) is 13.2. The van der Waals surface area contributed by atoms with Gasteiger partial charge in [0.25, 0.3) is 5.56 Å². The number of fused-ring (bicyclic) bond motifs is 1. The number of aryl methyl sites for hydroxylation is 2. The Bertz CT molecular complexity index is 1560. The summed E-state index contributed by atoms with van der Waals surface area (Å²) in [6.07, 6.45) is 2.83. The van der Waals surface area contributed by atoms with Crippen LogP contribution in [0.1, 0.15) is 43.8 Å². The zero-order chi connectivity index (χ0) is 27.8. The van der Waals surface area contributed by atoms with Crippen LogP contribution in [0.3, 0.4) is 0 Å². The molecule has 2 N–H and O–H groups in total. The summed E-state index contributed by atoms with van der Waals surface area (Å²) in [5, 5.41) is 4.62. The van der Waals surface area contributed by atoms with E-state index in [1.54, 1.807) is 17.5 Å². The summed E-state index contributed by atoms with van der Waals surface area (Å²) in [6.45, 7) is 7.23. The van der Waals surface area contributed by atoms with E-state index < -0.39 is 10.0 Å². The lowest BCUT2D eigenvalue weighted by Crippen LogP contribution is -2.26. The molecule has 0 radical (unpaired) electrons. The first kappa shape index (κ1) is 28.5. The summed E-state index contributed by atoms with van der Waals surface area (Å²) in [4.78, 5) is 20.3. The molecule has 0 atom stereocenters. The van der Waals surface area contributed by atoms with Crippen LogP contribution in [0, 0.1) is 6.92 Å². The fourth-order valence-electron chi connectivity index (χ4n) is 4.29. The number of imidazole rings is 1. The number of hydrogen-bond acceptors (Lipinski definition) is 7. The number of ether oxygens (including phenoxy) is 2. The predicted octanol–water partition coefficient (Wildman–Crippen LogP) is 3.67. The molecular weight excluding hydrogens is 518 g/mol. The lowest BCUT2D eigenvalue weighted by molar-refractivity contribution is 0.135. The minimum absolute atomic E-state index is 0.0456. The summed E-state index contributed by atoms with van der Waals surface area (Å²) in [6, 6.07) is 14.6. The van der Waals surface area contributed by atoms with E-state index in [0.29, 0.717) is 61.0 Å². The highest BCUT2D eigenvalue weighted by molar-refractivity contribution is 7.89. The van der Waals surface area contributed by atoms with E-state index in [1.807, 2.05) is 44.2 Å². The standard InChI is InChI=1S/C28H35N5O5S/c1-4-10-25-30-20(3)26-28(34)31-27(32-33(25)26)23-19-22(13-14-24(23)38-5-2)39(35,36)29-16-9-17-37-18-15-21-11-7-6-8-12-21/h6-8,11-14,19,29H,4-5,9-10,15-18H2,1-3H3,(H,31,32,34). The van der Waals surface area contributed by atoms with Crippen LogP contribution < -0.4 is 15.0 Å². The number of aromatic amines is 1. The third kappa shape index (κ3) is 6.92. The maximum absolute atomic E-state index is 13.1. The molecule has 0 fully saturated rings. The molecule has 0 spiro atoms. The van der Waals surface area contributed by atoms with Crippen molar-refractivity contribution < 1.29 is 17.9 Å². The van der Waals surface area contributed by atoms with E-state index in [0.717, 1.165) is 12.8 Å². The molecule has 0 saturated carbocycles. The van der Waals surface area contributed by atoms with E-state index >= 15 is 0 Å². The van der Waals surface area contributed by atoms with Crippen molar-refractivity contribution in [2.24, 2.45) is 0 Å². The molecule has 0 bridgehead atoms. The Kier molecular flexibility index (Phi) is 9.50. The van der Waals surface area contributed by atoms with Crippen LogP contribution >= 0.6 is 0 Å². The number of aromatic nitrogens is 4. The normalized spacial score (nSPS) is 11.8. The molecule has 0 aliphatic heterocycles. The minimum atomic E-state index is -3.82. The summed E-state index contributed by atoms with van der Waals surface area (Å²) < 4.78 is 41.7. The molecule has 2 heterocycles. The maximum atomic E-state index is 13.1. The Hall–Kier alpha value is -3.54. The van der Waals surface area contributed by atoms with Crippen LogP contribution in [0.25, 0.3) is 16.9 Å². The second-order valence-corrected chi connectivity index (χ2v) is 10.9. The van der Waals surface area contributed by atoms with Gasteiger partial charge in [-0.3, -0.25) is 4.79 Å². The minimum Gasteiger partial charge on any atom is -0.493 e. The van der Waals surface area contributed by atoms with Crippen molar-refractivity contribution in [2.45, 2.75) is 51.3 Å². The Labute approximate surface area is 228 Å². The Morgan fingerprint density at radius 2 is 1.85 bits per heavy atom. The second-order valence-electron chi connectivity index (χ2n) is 9.12. The highest BCUT2D eigenvalue weighted by Crippen LogP contribution is 2.30. The second kappa shape index (κ2) is 13.0. The molecule has 2 aromatic carbocycles. The zero-order valence-corrected chi connectivity index (χ0v) is 23.4. The molecule has 4 aromatic rings. The quantitative estimate of drug-likeness (QED) is 0.228. The van der Waals surface area contributed by atoms with Crippen LogP contribution in [0.4, 0.5) is 0 Å². The lowest BCUT2D eigenvalue weighted by Gasteiger charge is -2.13. The van der Waals surface area contributed by atoms with Gasteiger partial charge in [-0.05, 0) is 56.9 Å². The van der Waals surface area contributed by atoms with Gasteiger partial charge in [0.05, 0.1) is 29.4 Å². The largest absolute Gasteiger partial charge is 0.493 e. The van der Waals surface area contributed by atoms with Crippen molar-refractivity contribution in [3.63, 3.8) is 0 Å². The SMILES string of the molecule is CCCc1nc(C)c2c(=O)[nH]c(-c3cc(S(=O)(=O)NCCCOCCc4ccccc4)ccc3OCC)nn12. The Morgan fingerprint density at radius 3 is 2.59 bits per heavy atom. The number of nitrogens with one attached hydrogen (secondary N) is 2. The van der Waals surface area contributed by atoms with Crippen molar-refractivity contribution in [2.75, 3.05) is 26.4 Å². The molecule has 39 heavy (non-hydrogen) atoms. The average Bonchev–Trinajstić information content (AvgIpc) is 3.24.